The SMILES string of the molecule is Cc1ccc(N=C2SCCN(c3ccccc3)C3=C2CCCCC3)cc1. The number of rotatable bonds is 2. The Morgan fingerprint density at radius 3 is 2.46 bits per heavy atom. The van der Waals surface area contributed by atoms with Crippen LogP contribution in [0.3, 0.4) is 0 Å². The van der Waals surface area contributed by atoms with Gasteiger partial charge in [0.1, 0.15) is 5.04 Å². The fourth-order valence-electron chi connectivity index (χ4n) is 3.78. The Hall–Kier alpha value is -2.00. The van der Waals surface area contributed by atoms with Crippen molar-refractivity contribution in [3.8, 4) is 0 Å². The Labute approximate surface area is 161 Å². The summed E-state index contributed by atoms with van der Waals surface area (Å²) in [6.45, 7) is 3.18. The van der Waals surface area contributed by atoms with Crippen molar-refractivity contribution in [2.45, 2.75) is 39.0 Å². The lowest BCUT2D eigenvalue weighted by Gasteiger charge is -2.27. The Kier molecular flexibility index (Phi) is 5.45. The normalized spacial score (nSPS) is 19.9. The third-order valence-electron chi connectivity index (χ3n) is 5.16. The third-order valence-corrected chi connectivity index (χ3v) is 6.16. The predicted molar refractivity (Wildman–Crippen MR) is 115 cm³/mol. The van der Waals surface area contributed by atoms with Crippen LogP contribution in [-0.4, -0.2) is 17.3 Å². The smallest absolute Gasteiger partial charge is 0.102 e. The van der Waals surface area contributed by atoms with Crippen LogP contribution in [0.25, 0.3) is 0 Å². The van der Waals surface area contributed by atoms with Crippen molar-refractivity contribution in [2.75, 3.05) is 17.2 Å². The van der Waals surface area contributed by atoms with Crippen molar-refractivity contribution in [2.24, 2.45) is 4.99 Å². The van der Waals surface area contributed by atoms with Gasteiger partial charge in [0.05, 0.1) is 5.69 Å². The summed E-state index contributed by atoms with van der Waals surface area (Å²) in [4.78, 5) is 7.62. The van der Waals surface area contributed by atoms with Crippen LogP contribution in [0.1, 0.15) is 37.7 Å². The molecule has 0 fully saturated rings. The highest BCUT2D eigenvalue weighted by Gasteiger charge is 2.25. The number of anilines is 1. The molecule has 1 heterocycles. The molecule has 0 aromatic heterocycles. The fraction of sp³-hybridized carbons (Fsp3) is 0.348. The van der Waals surface area contributed by atoms with Crippen LogP contribution in [0.5, 0.6) is 0 Å². The highest BCUT2D eigenvalue weighted by atomic mass is 32.2. The van der Waals surface area contributed by atoms with Gasteiger partial charge in [-0.15, -0.1) is 11.8 Å². The lowest BCUT2D eigenvalue weighted by molar-refractivity contribution is 0.701. The number of allylic oxidation sites excluding steroid dienone is 1. The Morgan fingerprint density at radius 2 is 1.65 bits per heavy atom. The van der Waals surface area contributed by atoms with E-state index in [-0.39, 0.29) is 0 Å². The van der Waals surface area contributed by atoms with Gasteiger partial charge in [-0.2, -0.15) is 0 Å². The van der Waals surface area contributed by atoms with E-state index in [1.807, 2.05) is 11.8 Å². The molecule has 2 aromatic carbocycles. The minimum atomic E-state index is 1.06. The number of nitrogens with zero attached hydrogens (tertiary/aromatic N) is 2. The maximum absolute atomic E-state index is 5.07. The quantitative estimate of drug-likeness (QED) is 0.606. The molecule has 0 atom stereocenters. The number of thioether (sulfide) groups is 1. The van der Waals surface area contributed by atoms with Gasteiger partial charge >= 0.3 is 0 Å². The van der Waals surface area contributed by atoms with Gasteiger partial charge in [-0.05, 0) is 56.9 Å². The fourth-order valence-corrected chi connectivity index (χ4v) is 4.81. The first-order chi connectivity index (χ1) is 12.8. The van der Waals surface area contributed by atoms with Crippen LogP contribution in [0.4, 0.5) is 11.4 Å². The Balaban J connectivity index is 1.77. The lowest BCUT2D eigenvalue weighted by atomic mass is 10.1. The van der Waals surface area contributed by atoms with E-state index in [2.05, 4.69) is 66.4 Å². The van der Waals surface area contributed by atoms with E-state index in [9.17, 15) is 0 Å². The van der Waals surface area contributed by atoms with Crippen LogP contribution in [0, 0.1) is 6.92 Å². The minimum Gasteiger partial charge on any atom is -0.344 e. The van der Waals surface area contributed by atoms with Gasteiger partial charge in [-0.25, -0.2) is 4.99 Å². The van der Waals surface area contributed by atoms with Gasteiger partial charge in [0.15, 0.2) is 0 Å². The van der Waals surface area contributed by atoms with Crippen LogP contribution < -0.4 is 4.90 Å². The van der Waals surface area contributed by atoms with Gasteiger partial charge < -0.3 is 4.90 Å². The minimum absolute atomic E-state index is 1.06. The molecule has 4 rings (SSSR count). The molecule has 0 spiro atoms. The highest BCUT2D eigenvalue weighted by molar-refractivity contribution is 8.14. The Morgan fingerprint density at radius 1 is 0.885 bits per heavy atom. The lowest BCUT2D eigenvalue weighted by Crippen LogP contribution is -2.25. The van der Waals surface area contributed by atoms with Gasteiger partial charge in [-0.1, -0.05) is 42.3 Å². The molecule has 2 aliphatic rings. The van der Waals surface area contributed by atoms with E-state index in [0.29, 0.717) is 0 Å². The van der Waals surface area contributed by atoms with E-state index in [4.69, 9.17) is 4.99 Å². The zero-order chi connectivity index (χ0) is 17.8. The molecule has 1 aliphatic carbocycles. The molecule has 0 bridgehead atoms. The molecule has 1 aliphatic heterocycles. The summed E-state index contributed by atoms with van der Waals surface area (Å²) in [5, 5.41) is 1.24. The molecule has 0 saturated carbocycles. The maximum Gasteiger partial charge on any atom is 0.102 e. The van der Waals surface area contributed by atoms with Crippen molar-refractivity contribution in [1.29, 1.82) is 0 Å². The van der Waals surface area contributed by atoms with Crippen LogP contribution in [0.15, 0.2) is 70.9 Å². The van der Waals surface area contributed by atoms with Crippen molar-refractivity contribution in [3.63, 3.8) is 0 Å². The van der Waals surface area contributed by atoms with Crippen LogP contribution in [0.2, 0.25) is 0 Å². The van der Waals surface area contributed by atoms with Gasteiger partial charge in [0.25, 0.3) is 0 Å². The molecule has 0 unspecified atom stereocenters. The molecule has 0 N–H and O–H groups in total. The second-order valence-corrected chi connectivity index (χ2v) is 8.16. The van der Waals surface area contributed by atoms with Gasteiger partial charge in [0, 0.05) is 29.3 Å². The molecular formula is C23H26N2S. The molecule has 0 radical (unpaired) electrons. The second kappa shape index (κ2) is 8.13. The van der Waals surface area contributed by atoms with Gasteiger partial charge in [0.2, 0.25) is 0 Å². The van der Waals surface area contributed by atoms with Crippen LogP contribution >= 0.6 is 11.8 Å². The summed E-state index contributed by atoms with van der Waals surface area (Å²) in [5.74, 6) is 1.08. The van der Waals surface area contributed by atoms with E-state index in [0.717, 1.165) is 30.8 Å². The molecule has 3 heteroatoms. The zero-order valence-corrected chi connectivity index (χ0v) is 16.3. The van der Waals surface area contributed by atoms with E-state index < -0.39 is 0 Å². The van der Waals surface area contributed by atoms with Gasteiger partial charge in [-0.3, -0.25) is 0 Å². The first-order valence-electron chi connectivity index (χ1n) is 9.64. The number of hydrogen-bond acceptors (Lipinski definition) is 3. The summed E-state index contributed by atoms with van der Waals surface area (Å²) < 4.78 is 0. The molecule has 0 amide bonds. The first kappa shape index (κ1) is 17.4. The largest absolute Gasteiger partial charge is 0.344 e. The summed E-state index contributed by atoms with van der Waals surface area (Å²) in [6, 6.07) is 19.4. The monoisotopic (exact) mass is 362 g/mol. The topological polar surface area (TPSA) is 15.6 Å². The summed E-state index contributed by atoms with van der Waals surface area (Å²) >= 11 is 1.93. The molecule has 0 saturated heterocycles. The maximum atomic E-state index is 5.07. The average Bonchev–Trinajstić information content (AvgIpc) is 3.00. The zero-order valence-electron chi connectivity index (χ0n) is 15.4. The number of hydrogen-bond donors (Lipinski definition) is 0. The first-order valence-corrected chi connectivity index (χ1v) is 10.6. The number of para-hydroxylation sites is 1. The molecule has 134 valence electrons. The number of aryl methyl sites for hydroxylation is 1. The predicted octanol–water partition coefficient (Wildman–Crippen LogP) is 6.50. The Bertz CT molecular complexity index is 806. The molecule has 26 heavy (non-hydrogen) atoms. The third kappa shape index (κ3) is 3.88. The molecular weight excluding hydrogens is 336 g/mol. The van der Waals surface area contributed by atoms with E-state index >= 15 is 0 Å². The van der Waals surface area contributed by atoms with Crippen molar-refractivity contribution in [1.82, 2.24) is 0 Å². The highest BCUT2D eigenvalue weighted by Crippen LogP contribution is 2.36. The number of benzene rings is 2. The number of aliphatic imine (C=N–C) groups is 1. The van der Waals surface area contributed by atoms with Crippen LogP contribution in [-0.2, 0) is 0 Å². The standard InChI is InChI=1S/C23H26N2S/c1-18-12-14-19(15-13-18)24-23-21-10-6-3-7-11-22(21)25(16-17-26-23)20-8-4-2-5-9-20/h2,4-5,8-9,12-15H,3,6-7,10-11,16-17H2,1H3. The van der Waals surface area contributed by atoms with E-state index in [1.54, 1.807) is 0 Å². The summed E-state index contributed by atoms with van der Waals surface area (Å²) in [7, 11) is 0. The van der Waals surface area contributed by atoms with Crippen molar-refractivity contribution in [3.05, 3.63) is 71.4 Å². The average molecular weight is 363 g/mol. The second-order valence-electron chi connectivity index (χ2n) is 7.07. The molecule has 2 nitrogen and oxygen atoms in total. The summed E-state index contributed by atoms with van der Waals surface area (Å²) in [6.07, 6.45) is 6.19. The van der Waals surface area contributed by atoms with Crippen molar-refractivity contribution < 1.29 is 0 Å². The van der Waals surface area contributed by atoms with E-state index in [1.165, 1.54) is 46.8 Å². The van der Waals surface area contributed by atoms with Crippen molar-refractivity contribution >= 4 is 28.2 Å². The summed E-state index contributed by atoms with van der Waals surface area (Å²) in [5.41, 5.74) is 6.66. The molecule has 2 aromatic rings.